The van der Waals surface area contributed by atoms with Crippen LogP contribution in [0.5, 0.6) is 0 Å². The summed E-state index contributed by atoms with van der Waals surface area (Å²) in [4.78, 5) is 94.3. The Bertz CT molecular complexity index is 2510. The van der Waals surface area contributed by atoms with E-state index in [0.717, 1.165) is 22.1 Å². The van der Waals surface area contributed by atoms with Gasteiger partial charge in [0.1, 0.15) is 18.5 Å². The number of hydrogen-bond donors (Lipinski definition) is 7. The normalized spacial score (nSPS) is 17.5. The van der Waals surface area contributed by atoms with Crippen LogP contribution in [-0.2, 0) is 65.1 Å². The molecule has 0 fully saturated rings. The number of ether oxygens (including phenoxy) is 1. The molecule has 0 radical (unpaired) electrons. The molecule has 17 nitrogen and oxygen atoms in total. The van der Waals surface area contributed by atoms with E-state index in [9.17, 15) is 43.1 Å². The van der Waals surface area contributed by atoms with Crippen molar-refractivity contribution >= 4 is 46.4 Å². The summed E-state index contributed by atoms with van der Waals surface area (Å²) in [6.45, 7) is 0.812. The van der Waals surface area contributed by atoms with Gasteiger partial charge in [-0.05, 0) is 60.9 Å². The Balaban J connectivity index is 0.929. The Kier molecular flexibility index (Phi) is 13.1. The van der Waals surface area contributed by atoms with E-state index in [1.54, 1.807) is 37.3 Å². The van der Waals surface area contributed by atoms with Crippen molar-refractivity contribution in [3.05, 3.63) is 98.1 Å². The Morgan fingerprint density at radius 2 is 1.74 bits per heavy atom. The highest BCUT2D eigenvalue weighted by Crippen LogP contribution is 2.45. The lowest BCUT2D eigenvalue weighted by molar-refractivity contribution is -0.172. The Labute approximate surface area is 355 Å². The van der Waals surface area contributed by atoms with Gasteiger partial charge < -0.3 is 46.7 Å². The molecule has 62 heavy (non-hydrogen) atoms. The van der Waals surface area contributed by atoms with Gasteiger partial charge in [-0.3, -0.25) is 28.8 Å². The number of halogens is 1. The van der Waals surface area contributed by atoms with Crippen LogP contribution in [0.1, 0.15) is 84.9 Å². The lowest BCUT2D eigenvalue weighted by Gasteiger charge is -2.31. The molecule has 1 aliphatic carbocycles. The van der Waals surface area contributed by atoms with Crippen LogP contribution in [0.4, 0.5) is 4.39 Å². The minimum atomic E-state index is -2.00. The molecule has 0 spiro atoms. The molecule has 5 amide bonds. The molecular weight excluding hydrogens is 804 g/mol. The number of carbonyl (C=O) groups is 6. The van der Waals surface area contributed by atoms with Crippen molar-refractivity contribution in [3.8, 4) is 11.4 Å². The summed E-state index contributed by atoms with van der Waals surface area (Å²) < 4.78 is 21.6. The molecule has 2 aromatic carbocycles. The van der Waals surface area contributed by atoms with Crippen LogP contribution in [0.2, 0.25) is 0 Å². The summed E-state index contributed by atoms with van der Waals surface area (Å²) in [5.41, 5.74) is 7.40. The number of carbonyl (C=O) groups excluding carboxylic acids is 6. The topological polar surface area (TPSA) is 253 Å². The summed E-state index contributed by atoms with van der Waals surface area (Å²) in [6, 6.07) is 12.0. The molecule has 0 bridgehead atoms. The second-order valence-corrected chi connectivity index (χ2v) is 15.7. The molecule has 0 saturated carbocycles. The molecule has 3 atom stereocenters. The van der Waals surface area contributed by atoms with Gasteiger partial charge in [0.15, 0.2) is 5.60 Å². The number of aromatic nitrogens is 2. The monoisotopic (exact) mass is 852 g/mol. The summed E-state index contributed by atoms with van der Waals surface area (Å²) >= 11 is 0. The van der Waals surface area contributed by atoms with Crippen LogP contribution in [0.3, 0.4) is 0 Å². The van der Waals surface area contributed by atoms with Crippen LogP contribution >= 0.6 is 0 Å². The van der Waals surface area contributed by atoms with Gasteiger partial charge in [-0.15, -0.1) is 0 Å². The molecular formula is C44H49FN8O9. The standard InChI is InChI=1S/C44H49FN8O9/c1-2-44(61)29-18-33-40-27(22-53(33)42(59)28(29)23-62-43(44)60)39-30(13-12-25-16-26(45)17-31(52-40)38(25)39)50-34(54)11-7-4-8-14-47-36(56)20-49-41(58)32(15-24-9-5-3-6-10-24)51-37(57)21-48-35(55)19-46/h3,5-6,9-10,16-18,30,32,61H,2,4,7-8,11-15,19-23,46H2,1H3,(H,47,56)(H,48,55)(H,49,58)(H,50,54)(H,51,57)/t30-,32-,44-/m0/s1. The van der Waals surface area contributed by atoms with Gasteiger partial charge in [-0.2, -0.15) is 0 Å². The zero-order valence-electron chi connectivity index (χ0n) is 34.2. The summed E-state index contributed by atoms with van der Waals surface area (Å²) in [5.74, 6) is -3.61. The van der Waals surface area contributed by atoms with Crippen molar-refractivity contribution in [3.63, 3.8) is 0 Å². The van der Waals surface area contributed by atoms with Gasteiger partial charge >= 0.3 is 5.97 Å². The fraction of sp³-hybridized carbons (Fsp3) is 0.409. The van der Waals surface area contributed by atoms with Crippen molar-refractivity contribution in [1.29, 1.82) is 0 Å². The molecule has 7 rings (SSSR count). The first-order chi connectivity index (χ1) is 29.8. The van der Waals surface area contributed by atoms with Gasteiger partial charge in [0.2, 0.25) is 29.5 Å². The van der Waals surface area contributed by atoms with E-state index in [1.807, 2.05) is 6.07 Å². The number of amides is 5. The number of benzene rings is 2. The highest BCUT2D eigenvalue weighted by molar-refractivity contribution is 5.94. The molecule has 326 valence electrons. The van der Waals surface area contributed by atoms with Crippen LogP contribution in [-0.4, -0.2) is 82.4 Å². The Morgan fingerprint density at radius 1 is 0.968 bits per heavy atom. The van der Waals surface area contributed by atoms with Crippen LogP contribution in [0, 0.1) is 5.82 Å². The lowest BCUT2D eigenvalue weighted by Crippen LogP contribution is -2.52. The number of rotatable bonds is 17. The predicted octanol–water partition coefficient (Wildman–Crippen LogP) is 0.917. The molecule has 4 heterocycles. The minimum Gasteiger partial charge on any atom is -0.458 e. The first-order valence-electron chi connectivity index (χ1n) is 20.8. The highest BCUT2D eigenvalue weighted by atomic mass is 19.1. The zero-order chi connectivity index (χ0) is 44.1. The van der Waals surface area contributed by atoms with Crippen molar-refractivity contribution in [2.75, 3.05) is 26.2 Å². The number of unbranched alkanes of at least 4 members (excludes halogenated alkanes) is 2. The predicted molar refractivity (Wildman–Crippen MR) is 222 cm³/mol. The number of aryl methyl sites for hydroxylation is 1. The molecule has 18 heteroatoms. The zero-order valence-corrected chi connectivity index (χ0v) is 34.2. The Hall–Kier alpha value is -6.53. The van der Waals surface area contributed by atoms with Crippen molar-refractivity contribution in [1.82, 2.24) is 36.1 Å². The first-order valence-corrected chi connectivity index (χ1v) is 20.8. The van der Waals surface area contributed by atoms with E-state index in [4.69, 9.17) is 15.5 Å². The van der Waals surface area contributed by atoms with Crippen molar-refractivity contribution in [2.24, 2.45) is 5.73 Å². The largest absolute Gasteiger partial charge is 0.458 e. The number of pyridine rings is 2. The smallest absolute Gasteiger partial charge is 0.343 e. The molecule has 0 unspecified atom stereocenters. The first kappa shape index (κ1) is 43.6. The van der Waals surface area contributed by atoms with Crippen LogP contribution in [0.25, 0.3) is 22.3 Å². The maximum atomic E-state index is 14.9. The number of nitrogens with zero attached hydrogens (tertiary/aromatic N) is 2. The highest BCUT2D eigenvalue weighted by Gasteiger charge is 2.46. The summed E-state index contributed by atoms with van der Waals surface area (Å²) in [7, 11) is 0. The van der Waals surface area contributed by atoms with Crippen molar-refractivity contribution in [2.45, 2.75) is 89.1 Å². The van der Waals surface area contributed by atoms with Gasteiger partial charge in [-0.1, -0.05) is 43.7 Å². The Morgan fingerprint density at radius 3 is 2.50 bits per heavy atom. The molecule has 4 aromatic rings. The maximum absolute atomic E-state index is 14.9. The minimum absolute atomic E-state index is 0.0106. The third-order valence-electron chi connectivity index (χ3n) is 11.7. The number of nitrogens with two attached hydrogens (primary N) is 1. The number of hydrogen-bond acceptors (Lipinski definition) is 11. The van der Waals surface area contributed by atoms with Gasteiger partial charge in [0.05, 0.1) is 54.7 Å². The van der Waals surface area contributed by atoms with Gasteiger partial charge in [0.25, 0.3) is 5.56 Å². The molecule has 8 N–H and O–H groups in total. The number of esters is 1. The van der Waals surface area contributed by atoms with E-state index in [1.165, 1.54) is 16.7 Å². The SMILES string of the molecule is CC[C@@]1(O)C(=O)OCc2c1cc1n(c2=O)Cc2c-1nc1cc(F)cc3c1c2[C@@H](NC(=O)CCCCCNC(=O)CNC(=O)[C@H](Cc1ccccc1)NC(=O)CNC(=O)CN)CC3. The van der Waals surface area contributed by atoms with E-state index in [0.29, 0.717) is 61.1 Å². The van der Waals surface area contributed by atoms with E-state index in [-0.39, 0.29) is 69.1 Å². The lowest BCUT2D eigenvalue weighted by atomic mass is 9.83. The third-order valence-corrected chi connectivity index (χ3v) is 11.7. The summed E-state index contributed by atoms with van der Waals surface area (Å²) in [6.07, 6.45) is 3.04. The molecule has 3 aliphatic rings. The van der Waals surface area contributed by atoms with E-state index in [2.05, 4.69) is 26.6 Å². The fourth-order valence-electron chi connectivity index (χ4n) is 8.46. The fourth-order valence-corrected chi connectivity index (χ4v) is 8.46. The second kappa shape index (κ2) is 18.6. The molecule has 0 saturated heterocycles. The third kappa shape index (κ3) is 9.06. The average Bonchev–Trinajstić information content (AvgIpc) is 3.63. The average molecular weight is 853 g/mol. The number of fused-ring (bicyclic) bond motifs is 5. The van der Waals surface area contributed by atoms with E-state index < -0.39 is 58.7 Å². The van der Waals surface area contributed by atoms with Gasteiger partial charge in [-0.25, -0.2) is 14.2 Å². The van der Waals surface area contributed by atoms with E-state index >= 15 is 0 Å². The molecule has 2 aromatic heterocycles. The second-order valence-electron chi connectivity index (χ2n) is 15.7. The number of aliphatic hydroxyl groups is 1. The van der Waals surface area contributed by atoms with Crippen LogP contribution in [0.15, 0.2) is 53.3 Å². The summed E-state index contributed by atoms with van der Waals surface area (Å²) in [5, 5.41) is 25.4. The quantitative estimate of drug-likeness (QED) is 0.0512. The number of cyclic esters (lactones) is 1. The maximum Gasteiger partial charge on any atom is 0.343 e. The number of nitrogens with one attached hydrogen (secondary N) is 5. The van der Waals surface area contributed by atoms with Crippen molar-refractivity contribution < 1.29 is 43.0 Å². The van der Waals surface area contributed by atoms with Crippen LogP contribution < -0.4 is 37.9 Å². The van der Waals surface area contributed by atoms with Gasteiger partial charge in [0, 0.05) is 42.0 Å². The molecule has 2 aliphatic heterocycles.